The van der Waals surface area contributed by atoms with Crippen LogP contribution in [0.1, 0.15) is 43.1 Å². The van der Waals surface area contributed by atoms with Crippen LogP contribution in [0.15, 0.2) is 30.3 Å². The van der Waals surface area contributed by atoms with E-state index in [1.54, 1.807) is 0 Å². The molecule has 100 valence electrons. The number of nitrogens with one attached hydrogen (secondary N) is 2. The highest BCUT2D eigenvalue weighted by atomic mass is 16.1. The average molecular weight is 256 g/mol. The van der Waals surface area contributed by atoms with Gasteiger partial charge in [-0.3, -0.25) is 4.79 Å². The molecule has 1 saturated carbocycles. The Kier molecular flexibility index (Phi) is 3.28. The molecule has 0 bridgehead atoms. The summed E-state index contributed by atoms with van der Waals surface area (Å²) in [5.74, 6) is 0.656. The third-order valence-corrected chi connectivity index (χ3v) is 4.24. The summed E-state index contributed by atoms with van der Waals surface area (Å²) in [6.07, 6.45) is 5.09. The fourth-order valence-electron chi connectivity index (χ4n) is 3.06. The summed E-state index contributed by atoms with van der Waals surface area (Å²) in [7, 11) is 0. The Hall–Kier alpha value is -1.77. The Morgan fingerprint density at radius 3 is 2.79 bits per heavy atom. The molecule has 0 spiro atoms. The molecule has 1 aromatic heterocycles. The molecular formula is C16H20N2O. The minimum Gasteiger partial charge on any atom is -0.351 e. The zero-order chi connectivity index (χ0) is 13.2. The summed E-state index contributed by atoms with van der Waals surface area (Å²) in [5, 5.41) is 4.21. The lowest BCUT2D eigenvalue weighted by molar-refractivity contribution is 0.0923. The molecule has 0 aliphatic heterocycles. The third kappa shape index (κ3) is 2.50. The zero-order valence-corrected chi connectivity index (χ0v) is 11.3. The number of carbonyl (C=O) groups excluding carboxylic acids is 1. The van der Waals surface area contributed by atoms with Gasteiger partial charge in [0.05, 0.1) is 0 Å². The highest BCUT2D eigenvalue weighted by molar-refractivity contribution is 5.98. The van der Waals surface area contributed by atoms with E-state index in [1.807, 2.05) is 30.3 Å². The first-order valence-corrected chi connectivity index (χ1v) is 7.12. The van der Waals surface area contributed by atoms with Gasteiger partial charge in [0.2, 0.25) is 0 Å². The molecular weight excluding hydrogens is 236 g/mol. The van der Waals surface area contributed by atoms with Crippen LogP contribution in [0.3, 0.4) is 0 Å². The molecule has 3 rings (SSSR count). The second kappa shape index (κ2) is 5.08. The van der Waals surface area contributed by atoms with Crippen LogP contribution in [0.5, 0.6) is 0 Å². The maximum atomic E-state index is 12.2. The summed E-state index contributed by atoms with van der Waals surface area (Å²) in [4.78, 5) is 15.4. The number of aromatic amines is 1. The molecule has 2 aromatic rings. The van der Waals surface area contributed by atoms with E-state index in [-0.39, 0.29) is 11.9 Å². The first-order valence-electron chi connectivity index (χ1n) is 7.12. The van der Waals surface area contributed by atoms with Gasteiger partial charge in [0.15, 0.2) is 0 Å². The molecule has 1 unspecified atom stereocenters. The number of benzene rings is 1. The van der Waals surface area contributed by atoms with Crippen molar-refractivity contribution in [3.63, 3.8) is 0 Å². The molecule has 19 heavy (non-hydrogen) atoms. The topological polar surface area (TPSA) is 44.9 Å². The van der Waals surface area contributed by atoms with Gasteiger partial charge in [0.1, 0.15) is 5.69 Å². The summed E-state index contributed by atoms with van der Waals surface area (Å²) < 4.78 is 0. The van der Waals surface area contributed by atoms with Crippen molar-refractivity contribution in [1.82, 2.24) is 10.3 Å². The van der Waals surface area contributed by atoms with Gasteiger partial charge >= 0.3 is 0 Å². The van der Waals surface area contributed by atoms with E-state index >= 15 is 0 Å². The summed E-state index contributed by atoms with van der Waals surface area (Å²) >= 11 is 0. The van der Waals surface area contributed by atoms with Crippen LogP contribution in [0.2, 0.25) is 0 Å². The minimum absolute atomic E-state index is 0.00981. The number of carbonyl (C=O) groups is 1. The molecule has 1 fully saturated rings. The van der Waals surface area contributed by atoms with Crippen LogP contribution in [-0.2, 0) is 0 Å². The molecule has 1 heterocycles. The normalized spacial score (nSPS) is 17.7. The van der Waals surface area contributed by atoms with Crippen LogP contribution >= 0.6 is 0 Å². The molecule has 1 amide bonds. The summed E-state index contributed by atoms with van der Waals surface area (Å²) in [5.41, 5.74) is 1.67. The van der Waals surface area contributed by atoms with Crippen molar-refractivity contribution in [2.75, 3.05) is 0 Å². The second-order valence-corrected chi connectivity index (χ2v) is 5.58. The van der Waals surface area contributed by atoms with Gasteiger partial charge in [-0.05, 0) is 37.8 Å². The highest BCUT2D eigenvalue weighted by Gasteiger charge is 2.23. The van der Waals surface area contributed by atoms with Gasteiger partial charge in [-0.1, -0.05) is 31.0 Å². The van der Waals surface area contributed by atoms with Crippen molar-refractivity contribution in [1.29, 1.82) is 0 Å². The molecule has 1 aliphatic carbocycles. The quantitative estimate of drug-likeness (QED) is 0.867. The van der Waals surface area contributed by atoms with Crippen LogP contribution in [0.4, 0.5) is 0 Å². The lowest BCUT2D eigenvalue weighted by Crippen LogP contribution is -2.37. The highest BCUT2D eigenvalue weighted by Crippen LogP contribution is 2.27. The molecule has 2 N–H and O–H groups in total. The Morgan fingerprint density at radius 2 is 2.05 bits per heavy atom. The minimum atomic E-state index is 0.00981. The molecule has 3 heteroatoms. The maximum absolute atomic E-state index is 12.2. The number of hydrogen-bond acceptors (Lipinski definition) is 1. The summed E-state index contributed by atoms with van der Waals surface area (Å²) in [6.45, 7) is 2.12. The Balaban J connectivity index is 1.72. The summed E-state index contributed by atoms with van der Waals surface area (Å²) in [6, 6.07) is 10.2. The SMILES string of the molecule is CC(NC(=O)c1cc2ccccc2[nH]1)C1CCCC1. The second-order valence-electron chi connectivity index (χ2n) is 5.58. The molecule has 3 nitrogen and oxygen atoms in total. The number of para-hydroxylation sites is 1. The lowest BCUT2D eigenvalue weighted by atomic mass is 10.00. The molecule has 1 atom stereocenters. The molecule has 0 radical (unpaired) electrons. The van der Waals surface area contributed by atoms with Crippen LogP contribution in [0, 0.1) is 5.92 Å². The Labute approximate surface area is 113 Å². The van der Waals surface area contributed by atoms with Gasteiger partial charge in [-0.2, -0.15) is 0 Å². The van der Waals surface area contributed by atoms with Crippen molar-refractivity contribution in [2.24, 2.45) is 5.92 Å². The maximum Gasteiger partial charge on any atom is 0.267 e. The van der Waals surface area contributed by atoms with Crippen LogP contribution in [0.25, 0.3) is 10.9 Å². The predicted octanol–water partition coefficient (Wildman–Crippen LogP) is 3.48. The first-order chi connectivity index (χ1) is 9.24. The van der Waals surface area contributed by atoms with Gasteiger partial charge in [0.25, 0.3) is 5.91 Å². The molecule has 1 aromatic carbocycles. The van der Waals surface area contributed by atoms with Gasteiger partial charge in [-0.25, -0.2) is 0 Å². The van der Waals surface area contributed by atoms with E-state index < -0.39 is 0 Å². The van der Waals surface area contributed by atoms with Crippen molar-refractivity contribution in [3.05, 3.63) is 36.0 Å². The van der Waals surface area contributed by atoms with Gasteiger partial charge < -0.3 is 10.3 Å². The predicted molar refractivity (Wildman–Crippen MR) is 77.2 cm³/mol. The molecule has 1 aliphatic rings. The Bertz CT molecular complexity index is 548. The van der Waals surface area contributed by atoms with Crippen molar-refractivity contribution >= 4 is 16.8 Å². The van der Waals surface area contributed by atoms with E-state index in [4.69, 9.17) is 0 Å². The zero-order valence-electron chi connectivity index (χ0n) is 11.3. The van der Waals surface area contributed by atoms with Gasteiger partial charge in [-0.15, -0.1) is 0 Å². The van der Waals surface area contributed by atoms with E-state index in [2.05, 4.69) is 17.2 Å². The number of H-pyrrole nitrogens is 1. The Morgan fingerprint density at radius 1 is 1.32 bits per heavy atom. The van der Waals surface area contributed by atoms with E-state index in [0.29, 0.717) is 11.6 Å². The third-order valence-electron chi connectivity index (χ3n) is 4.24. The van der Waals surface area contributed by atoms with E-state index in [1.165, 1.54) is 25.7 Å². The first kappa shape index (κ1) is 12.3. The monoisotopic (exact) mass is 256 g/mol. The fourth-order valence-corrected chi connectivity index (χ4v) is 3.06. The van der Waals surface area contributed by atoms with E-state index in [9.17, 15) is 4.79 Å². The van der Waals surface area contributed by atoms with Crippen molar-refractivity contribution in [2.45, 2.75) is 38.6 Å². The molecule has 0 saturated heterocycles. The largest absolute Gasteiger partial charge is 0.351 e. The number of amides is 1. The van der Waals surface area contributed by atoms with Crippen LogP contribution in [-0.4, -0.2) is 16.9 Å². The number of aromatic nitrogens is 1. The van der Waals surface area contributed by atoms with Gasteiger partial charge in [0, 0.05) is 16.9 Å². The fraction of sp³-hybridized carbons (Fsp3) is 0.438. The lowest BCUT2D eigenvalue weighted by Gasteiger charge is -2.19. The van der Waals surface area contributed by atoms with Crippen LogP contribution < -0.4 is 5.32 Å². The average Bonchev–Trinajstić information content (AvgIpc) is 3.07. The number of rotatable bonds is 3. The number of hydrogen-bond donors (Lipinski definition) is 2. The number of fused-ring (bicyclic) bond motifs is 1. The standard InChI is InChI=1S/C16H20N2O/c1-11(12-6-2-3-7-12)17-16(19)15-10-13-8-4-5-9-14(13)18-15/h4-5,8-12,18H,2-3,6-7H2,1H3,(H,17,19). The van der Waals surface area contributed by atoms with E-state index in [0.717, 1.165) is 10.9 Å². The van der Waals surface area contributed by atoms with Crippen molar-refractivity contribution < 1.29 is 4.79 Å². The smallest absolute Gasteiger partial charge is 0.267 e. The van der Waals surface area contributed by atoms with Crippen molar-refractivity contribution in [3.8, 4) is 0 Å².